The molecular formula is C18H36N2. The highest BCUT2D eigenvalue weighted by Crippen LogP contribution is 2.34. The van der Waals surface area contributed by atoms with E-state index in [9.17, 15) is 0 Å². The number of hydrogen-bond donors (Lipinski definition) is 0. The SMILES string of the molecule is CCN1CCC(CCN2CCC(C(C)(C)C)CC2)CC1. The van der Waals surface area contributed by atoms with Crippen LogP contribution in [0.3, 0.4) is 0 Å². The summed E-state index contributed by atoms with van der Waals surface area (Å²) in [4.78, 5) is 5.33. The summed E-state index contributed by atoms with van der Waals surface area (Å²) in [7, 11) is 0. The third-order valence-corrected chi connectivity index (χ3v) is 5.82. The van der Waals surface area contributed by atoms with Crippen LogP contribution >= 0.6 is 0 Å². The summed E-state index contributed by atoms with van der Waals surface area (Å²) in [6, 6.07) is 0. The number of rotatable bonds is 4. The average Bonchev–Trinajstić information content (AvgIpc) is 2.45. The van der Waals surface area contributed by atoms with Crippen LogP contribution in [0.15, 0.2) is 0 Å². The molecule has 2 saturated heterocycles. The van der Waals surface area contributed by atoms with Crippen molar-refractivity contribution in [1.29, 1.82) is 0 Å². The van der Waals surface area contributed by atoms with E-state index < -0.39 is 0 Å². The first kappa shape index (κ1) is 16.3. The molecule has 2 fully saturated rings. The first-order valence-corrected chi connectivity index (χ1v) is 8.93. The summed E-state index contributed by atoms with van der Waals surface area (Å²) in [5, 5.41) is 0. The molecule has 118 valence electrons. The monoisotopic (exact) mass is 280 g/mol. The fourth-order valence-corrected chi connectivity index (χ4v) is 3.98. The molecule has 0 aliphatic carbocycles. The minimum Gasteiger partial charge on any atom is -0.304 e. The summed E-state index contributed by atoms with van der Waals surface area (Å²) in [5.74, 6) is 1.93. The van der Waals surface area contributed by atoms with Gasteiger partial charge in [0.05, 0.1) is 0 Å². The zero-order valence-corrected chi connectivity index (χ0v) is 14.3. The number of hydrogen-bond acceptors (Lipinski definition) is 2. The molecule has 2 aliphatic rings. The molecule has 0 aromatic heterocycles. The molecule has 0 N–H and O–H groups in total. The molecule has 20 heavy (non-hydrogen) atoms. The van der Waals surface area contributed by atoms with Crippen LogP contribution in [0, 0.1) is 17.3 Å². The molecule has 0 radical (unpaired) electrons. The predicted octanol–water partition coefficient (Wildman–Crippen LogP) is 3.87. The maximum atomic E-state index is 2.73. The molecule has 0 atom stereocenters. The Morgan fingerprint density at radius 3 is 1.90 bits per heavy atom. The van der Waals surface area contributed by atoms with E-state index >= 15 is 0 Å². The lowest BCUT2D eigenvalue weighted by molar-refractivity contribution is 0.102. The van der Waals surface area contributed by atoms with Gasteiger partial charge in [0.25, 0.3) is 0 Å². The molecule has 0 spiro atoms. The maximum Gasteiger partial charge on any atom is -0.00159 e. The Balaban J connectivity index is 1.62. The summed E-state index contributed by atoms with van der Waals surface area (Å²) >= 11 is 0. The van der Waals surface area contributed by atoms with Gasteiger partial charge in [0.1, 0.15) is 0 Å². The van der Waals surface area contributed by atoms with E-state index in [1.54, 1.807) is 0 Å². The van der Waals surface area contributed by atoms with Gasteiger partial charge in [0.2, 0.25) is 0 Å². The lowest BCUT2D eigenvalue weighted by atomic mass is 9.75. The van der Waals surface area contributed by atoms with Crippen molar-refractivity contribution >= 4 is 0 Å². The van der Waals surface area contributed by atoms with Crippen LogP contribution in [-0.4, -0.2) is 49.1 Å². The van der Waals surface area contributed by atoms with E-state index in [1.165, 1.54) is 71.4 Å². The Kier molecular flexibility index (Phi) is 5.92. The lowest BCUT2D eigenvalue weighted by Crippen LogP contribution is -2.39. The second kappa shape index (κ2) is 7.26. The third-order valence-electron chi connectivity index (χ3n) is 5.82. The highest BCUT2D eigenvalue weighted by molar-refractivity contribution is 4.81. The van der Waals surface area contributed by atoms with Crippen LogP contribution in [0.25, 0.3) is 0 Å². The van der Waals surface area contributed by atoms with E-state index in [0.29, 0.717) is 5.41 Å². The molecule has 0 amide bonds. The van der Waals surface area contributed by atoms with Crippen molar-refractivity contribution in [1.82, 2.24) is 9.80 Å². The minimum atomic E-state index is 0.513. The van der Waals surface area contributed by atoms with E-state index in [2.05, 4.69) is 37.5 Å². The van der Waals surface area contributed by atoms with Gasteiger partial charge in [0.15, 0.2) is 0 Å². The topological polar surface area (TPSA) is 6.48 Å². The van der Waals surface area contributed by atoms with Gasteiger partial charge in [-0.1, -0.05) is 27.7 Å². The second-order valence-electron chi connectivity index (χ2n) is 8.15. The summed E-state index contributed by atoms with van der Waals surface area (Å²) in [6.07, 6.45) is 7.14. The second-order valence-corrected chi connectivity index (χ2v) is 8.15. The number of likely N-dealkylation sites (tertiary alicyclic amines) is 2. The Morgan fingerprint density at radius 1 is 0.850 bits per heavy atom. The van der Waals surface area contributed by atoms with Gasteiger partial charge < -0.3 is 9.80 Å². The molecule has 2 nitrogen and oxygen atoms in total. The molecule has 2 aliphatic heterocycles. The average molecular weight is 280 g/mol. The van der Waals surface area contributed by atoms with Gasteiger partial charge in [-0.2, -0.15) is 0 Å². The highest BCUT2D eigenvalue weighted by Gasteiger charge is 2.29. The van der Waals surface area contributed by atoms with E-state index in [1.807, 2.05) is 0 Å². The van der Waals surface area contributed by atoms with Crippen LogP contribution in [0.2, 0.25) is 0 Å². The first-order chi connectivity index (χ1) is 9.49. The minimum absolute atomic E-state index is 0.513. The van der Waals surface area contributed by atoms with E-state index in [0.717, 1.165) is 11.8 Å². The third kappa shape index (κ3) is 4.73. The molecule has 0 unspecified atom stereocenters. The van der Waals surface area contributed by atoms with Crippen molar-refractivity contribution in [3.8, 4) is 0 Å². The van der Waals surface area contributed by atoms with Crippen molar-refractivity contribution in [2.24, 2.45) is 17.3 Å². The Bertz CT molecular complexity index is 266. The summed E-state index contributed by atoms with van der Waals surface area (Å²) in [6.45, 7) is 17.5. The van der Waals surface area contributed by atoms with Crippen molar-refractivity contribution in [2.75, 3.05) is 39.3 Å². The fraction of sp³-hybridized carbons (Fsp3) is 1.00. The highest BCUT2D eigenvalue weighted by atomic mass is 15.1. The number of nitrogens with zero attached hydrogens (tertiary/aromatic N) is 2. The number of piperidine rings is 2. The zero-order valence-electron chi connectivity index (χ0n) is 14.3. The van der Waals surface area contributed by atoms with Crippen LogP contribution in [0.1, 0.15) is 59.8 Å². The summed E-state index contributed by atoms with van der Waals surface area (Å²) in [5.41, 5.74) is 0.513. The van der Waals surface area contributed by atoms with Gasteiger partial charge in [-0.25, -0.2) is 0 Å². The normalized spacial score (nSPS) is 25.2. The van der Waals surface area contributed by atoms with Crippen LogP contribution < -0.4 is 0 Å². The lowest BCUT2D eigenvalue weighted by Gasteiger charge is -2.39. The Morgan fingerprint density at radius 2 is 1.40 bits per heavy atom. The van der Waals surface area contributed by atoms with Gasteiger partial charge in [-0.3, -0.25) is 0 Å². The van der Waals surface area contributed by atoms with Crippen molar-refractivity contribution < 1.29 is 0 Å². The molecule has 0 aromatic rings. The van der Waals surface area contributed by atoms with Crippen molar-refractivity contribution in [3.05, 3.63) is 0 Å². The first-order valence-electron chi connectivity index (χ1n) is 8.93. The van der Waals surface area contributed by atoms with Gasteiger partial charge in [-0.05, 0) is 88.6 Å². The van der Waals surface area contributed by atoms with Gasteiger partial charge in [0, 0.05) is 0 Å². The van der Waals surface area contributed by atoms with Crippen molar-refractivity contribution in [2.45, 2.75) is 59.8 Å². The predicted molar refractivity (Wildman–Crippen MR) is 88.1 cm³/mol. The molecule has 2 heterocycles. The molecule has 2 heteroatoms. The van der Waals surface area contributed by atoms with Gasteiger partial charge in [-0.15, -0.1) is 0 Å². The quantitative estimate of drug-likeness (QED) is 0.771. The maximum absolute atomic E-state index is 2.73. The molecule has 0 bridgehead atoms. The molecule has 0 aromatic carbocycles. The molecule has 0 saturated carbocycles. The van der Waals surface area contributed by atoms with Gasteiger partial charge >= 0.3 is 0 Å². The van der Waals surface area contributed by atoms with Crippen LogP contribution in [0.4, 0.5) is 0 Å². The molecule has 2 rings (SSSR count). The Hall–Kier alpha value is -0.0800. The zero-order chi connectivity index (χ0) is 14.6. The molecular weight excluding hydrogens is 244 g/mol. The summed E-state index contributed by atoms with van der Waals surface area (Å²) < 4.78 is 0. The smallest absolute Gasteiger partial charge is 0.00159 e. The van der Waals surface area contributed by atoms with E-state index in [-0.39, 0.29) is 0 Å². The van der Waals surface area contributed by atoms with E-state index in [4.69, 9.17) is 0 Å². The Labute approximate surface area is 126 Å². The fourth-order valence-electron chi connectivity index (χ4n) is 3.98. The van der Waals surface area contributed by atoms with Crippen molar-refractivity contribution in [3.63, 3.8) is 0 Å². The largest absolute Gasteiger partial charge is 0.304 e. The van der Waals surface area contributed by atoms with Crippen LogP contribution in [0.5, 0.6) is 0 Å². The van der Waals surface area contributed by atoms with Crippen LogP contribution in [-0.2, 0) is 0 Å². The standard InChI is InChI=1S/C18H36N2/c1-5-19-11-6-16(7-12-19)8-13-20-14-9-17(10-15-20)18(2,3)4/h16-17H,5-15H2,1-4H3.